The Balaban J connectivity index is 2.13. The second kappa shape index (κ2) is 5.06. The molecule has 0 unspecified atom stereocenters. The van der Waals surface area contributed by atoms with E-state index in [0.717, 1.165) is 19.3 Å². The Hall–Kier alpha value is -1.42. The fourth-order valence-corrected chi connectivity index (χ4v) is 2.40. The zero-order chi connectivity index (χ0) is 13.2. The van der Waals surface area contributed by atoms with E-state index in [1.54, 1.807) is 19.1 Å². The molecule has 0 bridgehead atoms. The molecular weight excluding hydrogens is 231 g/mol. The van der Waals surface area contributed by atoms with Gasteiger partial charge in [0.25, 0.3) is 0 Å². The van der Waals surface area contributed by atoms with Crippen molar-refractivity contribution in [2.75, 3.05) is 5.32 Å². The SMILES string of the molecule is Cc1c(F)cccc1NC(=O)C1(N)CCCCC1. The Labute approximate surface area is 107 Å². The van der Waals surface area contributed by atoms with E-state index in [9.17, 15) is 9.18 Å². The molecule has 0 atom stereocenters. The van der Waals surface area contributed by atoms with Gasteiger partial charge in [0.15, 0.2) is 0 Å². The lowest BCUT2D eigenvalue weighted by molar-refractivity contribution is -0.122. The van der Waals surface area contributed by atoms with Crippen LogP contribution in [0.3, 0.4) is 0 Å². The molecule has 98 valence electrons. The van der Waals surface area contributed by atoms with Gasteiger partial charge < -0.3 is 11.1 Å². The number of carbonyl (C=O) groups is 1. The highest BCUT2D eigenvalue weighted by Gasteiger charge is 2.35. The number of hydrogen-bond acceptors (Lipinski definition) is 2. The van der Waals surface area contributed by atoms with Crippen molar-refractivity contribution < 1.29 is 9.18 Å². The second-order valence-electron chi connectivity index (χ2n) is 5.08. The summed E-state index contributed by atoms with van der Waals surface area (Å²) in [5, 5.41) is 2.76. The minimum atomic E-state index is -0.795. The molecule has 0 aromatic heterocycles. The summed E-state index contributed by atoms with van der Waals surface area (Å²) >= 11 is 0. The van der Waals surface area contributed by atoms with E-state index in [0.29, 0.717) is 24.1 Å². The monoisotopic (exact) mass is 250 g/mol. The van der Waals surface area contributed by atoms with Gasteiger partial charge in [-0.1, -0.05) is 25.3 Å². The Morgan fingerprint density at radius 3 is 2.67 bits per heavy atom. The molecule has 2 rings (SSSR count). The van der Waals surface area contributed by atoms with Crippen LogP contribution in [0.25, 0.3) is 0 Å². The van der Waals surface area contributed by atoms with Gasteiger partial charge >= 0.3 is 0 Å². The van der Waals surface area contributed by atoms with Crippen molar-refractivity contribution in [2.45, 2.75) is 44.6 Å². The summed E-state index contributed by atoms with van der Waals surface area (Å²) in [6.45, 7) is 1.65. The number of carbonyl (C=O) groups excluding carboxylic acids is 1. The maximum Gasteiger partial charge on any atom is 0.244 e. The predicted octanol–water partition coefficient (Wildman–Crippen LogP) is 2.73. The molecule has 1 aliphatic carbocycles. The molecule has 18 heavy (non-hydrogen) atoms. The quantitative estimate of drug-likeness (QED) is 0.848. The summed E-state index contributed by atoms with van der Waals surface area (Å²) in [4.78, 5) is 12.2. The number of nitrogens with one attached hydrogen (secondary N) is 1. The minimum Gasteiger partial charge on any atom is -0.324 e. The van der Waals surface area contributed by atoms with E-state index in [4.69, 9.17) is 5.73 Å². The number of amides is 1. The van der Waals surface area contributed by atoms with Gasteiger partial charge in [-0.15, -0.1) is 0 Å². The van der Waals surface area contributed by atoms with Crippen molar-refractivity contribution in [2.24, 2.45) is 5.73 Å². The maximum atomic E-state index is 13.4. The van der Waals surface area contributed by atoms with Gasteiger partial charge in [0.05, 0.1) is 5.54 Å². The van der Waals surface area contributed by atoms with Crippen LogP contribution in [0.5, 0.6) is 0 Å². The van der Waals surface area contributed by atoms with E-state index in [1.807, 2.05) is 0 Å². The molecule has 0 radical (unpaired) electrons. The van der Waals surface area contributed by atoms with Gasteiger partial charge in [0.2, 0.25) is 5.91 Å². The zero-order valence-electron chi connectivity index (χ0n) is 10.6. The third kappa shape index (κ3) is 2.53. The molecule has 0 heterocycles. The van der Waals surface area contributed by atoms with Crippen LogP contribution < -0.4 is 11.1 Å². The maximum absolute atomic E-state index is 13.4. The van der Waals surface area contributed by atoms with Gasteiger partial charge in [-0.25, -0.2) is 4.39 Å². The first-order valence-corrected chi connectivity index (χ1v) is 6.38. The first-order valence-electron chi connectivity index (χ1n) is 6.38. The summed E-state index contributed by atoms with van der Waals surface area (Å²) in [6, 6.07) is 4.66. The van der Waals surface area contributed by atoms with Crippen LogP contribution >= 0.6 is 0 Å². The van der Waals surface area contributed by atoms with Crippen LogP contribution in [0.15, 0.2) is 18.2 Å². The van der Waals surface area contributed by atoms with Crippen LogP contribution in [0.4, 0.5) is 10.1 Å². The summed E-state index contributed by atoms with van der Waals surface area (Å²) in [5.74, 6) is -0.515. The molecule has 1 aromatic carbocycles. The molecule has 1 saturated carbocycles. The number of rotatable bonds is 2. The average Bonchev–Trinajstić information content (AvgIpc) is 2.36. The lowest BCUT2D eigenvalue weighted by atomic mass is 9.82. The molecule has 3 N–H and O–H groups in total. The molecular formula is C14H19FN2O. The largest absolute Gasteiger partial charge is 0.324 e. The van der Waals surface area contributed by atoms with Gasteiger partial charge in [-0.05, 0) is 31.9 Å². The van der Waals surface area contributed by atoms with Crippen LogP contribution in [0, 0.1) is 12.7 Å². The average molecular weight is 250 g/mol. The molecule has 3 nitrogen and oxygen atoms in total. The highest BCUT2D eigenvalue weighted by Crippen LogP contribution is 2.28. The van der Waals surface area contributed by atoms with Crippen LogP contribution in [-0.2, 0) is 4.79 Å². The summed E-state index contributed by atoms with van der Waals surface area (Å²) < 4.78 is 13.4. The third-order valence-electron chi connectivity index (χ3n) is 3.71. The van der Waals surface area contributed by atoms with Gasteiger partial charge in [0.1, 0.15) is 5.82 Å². The number of anilines is 1. The molecule has 1 amide bonds. The number of halogens is 1. The Morgan fingerprint density at radius 2 is 2.00 bits per heavy atom. The Bertz CT molecular complexity index is 453. The fraction of sp³-hybridized carbons (Fsp3) is 0.500. The van der Waals surface area contributed by atoms with Crippen LogP contribution in [-0.4, -0.2) is 11.4 Å². The van der Waals surface area contributed by atoms with Gasteiger partial charge in [-0.3, -0.25) is 4.79 Å². The normalized spacial score (nSPS) is 18.4. The number of nitrogens with two attached hydrogens (primary N) is 1. The summed E-state index contributed by atoms with van der Waals surface area (Å²) in [5.41, 5.74) is 6.30. The first-order chi connectivity index (χ1) is 8.53. The standard InChI is InChI=1S/C14H19FN2O/c1-10-11(15)6-5-7-12(10)17-13(18)14(16)8-3-2-4-9-14/h5-7H,2-4,8-9,16H2,1H3,(H,17,18). The highest BCUT2D eigenvalue weighted by atomic mass is 19.1. The van der Waals surface area contributed by atoms with Crippen LogP contribution in [0.1, 0.15) is 37.7 Å². The minimum absolute atomic E-state index is 0.198. The predicted molar refractivity (Wildman–Crippen MR) is 69.8 cm³/mol. The number of benzene rings is 1. The van der Waals surface area contributed by atoms with E-state index in [2.05, 4.69) is 5.32 Å². The van der Waals surface area contributed by atoms with Crippen molar-refractivity contribution in [1.29, 1.82) is 0 Å². The van der Waals surface area contributed by atoms with E-state index < -0.39 is 5.54 Å². The molecule has 0 spiro atoms. The molecule has 0 aliphatic heterocycles. The third-order valence-corrected chi connectivity index (χ3v) is 3.71. The summed E-state index contributed by atoms with van der Waals surface area (Å²) in [6.07, 6.45) is 4.49. The van der Waals surface area contributed by atoms with Gasteiger partial charge in [-0.2, -0.15) is 0 Å². The first kappa shape index (κ1) is 13.0. The molecule has 0 saturated heterocycles. The smallest absolute Gasteiger partial charge is 0.244 e. The highest BCUT2D eigenvalue weighted by molar-refractivity contribution is 5.98. The lowest BCUT2D eigenvalue weighted by Crippen LogP contribution is -2.52. The van der Waals surface area contributed by atoms with Crippen molar-refractivity contribution in [3.8, 4) is 0 Å². The van der Waals surface area contributed by atoms with E-state index in [1.165, 1.54) is 6.07 Å². The van der Waals surface area contributed by atoms with E-state index in [-0.39, 0.29) is 11.7 Å². The second-order valence-corrected chi connectivity index (χ2v) is 5.08. The zero-order valence-corrected chi connectivity index (χ0v) is 10.6. The fourth-order valence-electron chi connectivity index (χ4n) is 2.40. The van der Waals surface area contributed by atoms with Crippen molar-refractivity contribution in [1.82, 2.24) is 0 Å². The lowest BCUT2D eigenvalue weighted by Gasteiger charge is -2.32. The Morgan fingerprint density at radius 1 is 1.33 bits per heavy atom. The van der Waals surface area contributed by atoms with Crippen molar-refractivity contribution in [3.63, 3.8) is 0 Å². The van der Waals surface area contributed by atoms with Gasteiger partial charge in [0, 0.05) is 11.3 Å². The topological polar surface area (TPSA) is 55.1 Å². The Kier molecular flexibility index (Phi) is 3.66. The van der Waals surface area contributed by atoms with Crippen LogP contribution in [0.2, 0.25) is 0 Å². The van der Waals surface area contributed by atoms with Crippen molar-refractivity contribution >= 4 is 11.6 Å². The molecule has 1 aliphatic rings. The molecule has 1 aromatic rings. The molecule has 4 heteroatoms. The number of hydrogen-bond donors (Lipinski definition) is 2. The molecule has 1 fully saturated rings. The summed E-state index contributed by atoms with van der Waals surface area (Å²) in [7, 11) is 0. The van der Waals surface area contributed by atoms with Crippen molar-refractivity contribution in [3.05, 3.63) is 29.6 Å². The van der Waals surface area contributed by atoms with E-state index >= 15 is 0 Å².